The van der Waals surface area contributed by atoms with Crippen molar-refractivity contribution in [1.82, 2.24) is 4.57 Å². The molecule has 8 heteroatoms. The molecule has 1 fully saturated rings. The number of carbonyl (C=O) groups is 1. The van der Waals surface area contributed by atoms with E-state index in [1.165, 1.54) is 6.20 Å². The zero-order valence-corrected chi connectivity index (χ0v) is 13.7. The molecular weight excluding hydrogens is 329 g/mol. The topological polar surface area (TPSA) is 97.8 Å². The van der Waals surface area contributed by atoms with Crippen LogP contribution in [-0.2, 0) is 6.54 Å². The Labute approximate surface area is 142 Å². The average molecular weight is 347 g/mol. The molecule has 3 N–H and O–H groups in total. The molecule has 0 spiro atoms. The minimum Gasteiger partial charge on any atom is -0.487 e. The van der Waals surface area contributed by atoms with Crippen LogP contribution in [0.3, 0.4) is 0 Å². The maximum absolute atomic E-state index is 14.9. The highest BCUT2D eigenvalue weighted by atomic mass is 19.1. The Morgan fingerprint density at radius 3 is 2.96 bits per heavy atom. The van der Waals surface area contributed by atoms with Crippen LogP contribution in [0.2, 0.25) is 0 Å². The Bertz CT molecular complexity index is 955. The molecule has 1 aromatic heterocycles. The highest BCUT2D eigenvalue weighted by molar-refractivity contribution is 5.97. The summed E-state index contributed by atoms with van der Waals surface area (Å²) in [4.78, 5) is 25.7. The summed E-state index contributed by atoms with van der Waals surface area (Å²) in [5.74, 6) is -1.64. The van der Waals surface area contributed by atoms with Gasteiger partial charge in [0.25, 0.3) is 0 Å². The molecule has 4 rings (SSSR count). The number of carboxylic acid groups (broad SMARTS) is 1. The van der Waals surface area contributed by atoms with E-state index < -0.39 is 17.2 Å². The normalized spacial score (nSPS) is 21.8. The molecule has 2 aromatic rings. The number of aromatic carboxylic acids is 1. The predicted molar refractivity (Wildman–Crippen MR) is 90.0 cm³/mol. The zero-order valence-electron chi connectivity index (χ0n) is 13.7. The summed E-state index contributed by atoms with van der Waals surface area (Å²) in [7, 11) is 0. The number of carboxylic acids is 1. The van der Waals surface area contributed by atoms with E-state index in [-0.39, 0.29) is 28.8 Å². The second-order valence-electron chi connectivity index (χ2n) is 6.51. The molecule has 0 saturated carbocycles. The minimum absolute atomic E-state index is 0.00883. The van der Waals surface area contributed by atoms with E-state index in [4.69, 9.17) is 10.5 Å². The maximum atomic E-state index is 14.9. The summed E-state index contributed by atoms with van der Waals surface area (Å²) in [6.07, 6.45) is 2.01. The number of nitrogens with zero attached hydrogens (tertiary/aromatic N) is 2. The molecular formula is C17H18FN3O4. The SMILES string of the molecule is CCn1cc(C(=O)O)c(=O)c2cc(F)c3c(c21)OC[C@@H]1CC(N)CN31. The van der Waals surface area contributed by atoms with Crippen molar-refractivity contribution in [1.29, 1.82) is 0 Å². The first-order valence-corrected chi connectivity index (χ1v) is 8.20. The fourth-order valence-electron chi connectivity index (χ4n) is 3.86. The molecule has 0 bridgehead atoms. The second kappa shape index (κ2) is 5.45. The monoisotopic (exact) mass is 347 g/mol. The van der Waals surface area contributed by atoms with Crippen LogP contribution in [0.25, 0.3) is 10.9 Å². The van der Waals surface area contributed by atoms with Crippen LogP contribution in [0, 0.1) is 5.82 Å². The summed E-state index contributed by atoms with van der Waals surface area (Å²) in [5, 5.41) is 9.26. The van der Waals surface area contributed by atoms with Gasteiger partial charge in [0, 0.05) is 25.3 Å². The lowest BCUT2D eigenvalue weighted by Crippen LogP contribution is -2.39. The van der Waals surface area contributed by atoms with Gasteiger partial charge in [0.15, 0.2) is 11.6 Å². The summed E-state index contributed by atoms with van der Waals surface area (Å²) in [6.45, 7) is 3.12. The van der Waals surface area contributed by atoms with Crippen molar-refractivity contribution < 1.29 is 19.0 Å². The fourth-order valence-corrected chi connectivity index (χ4v) is 3.86. The number of anilines is 1. The van der Waals surface area contributed by atoms with Crippen molar-refractivity contribution in [3.63, 3.8) is 0 Å². The van der Waals surface area contributed by atoms with Gasteiger partial charge in [-0.15, -0.1) is 0 Å². The fraction of sp³-hybridized carbons (Fsp3) is 0.412. The van der Waals surface area contributed by atoms with Crippen molar-refractivity contribution in [2.24, 2.45) is 5.73 Å². The molecule has 0 aliphatic carbocycles. The van der Waals surface area contributed by atoms with Gasteiger partial charge in [0.1, 0.15) is 17.9 Å². The Morgan fingerprint density at radius 1 is 1.52 bits per heavy atom. The number of benzene rings is 1. The largest absolute Gasteiger partial charge is 0.487 e. The molecule has 0 radical (unpaired) electrons. The van der Waals surface area contributed by atoms with Gasteiger partial charge in [0.2, 0.25) is 5.43 Å². The summed E-state index contributed by atoms with van der Waals surface area (Å²) < 4.78 is 22.3. The maximum Gasteiger partial charge on any atom is 0.341 e. The van der Waals surface area contributed by atoms with Gasteiger partial charge in [-0.05, 0) is 19.4 Å². The molecule has 25 heavy (non-hydrogen) atoms. The van der Waals surface area contributed by atoms with Gasteiger partial charge in [-0.3, -0.25) is 4.79 Å². The van der Waals surface area contributed by atoms with Crippen molar-refractivity contribution >= 4 is 22.6 Å². The summed E-state index contributed by atoms with van der Waals surface area (Å²) in [5.41, 5.74) is 5.64. The lowest BCUT2D eigenvalue weighted by molar-refractivity contribution is 0.0695. The number of aryl methyl sites for hydroxylation is 1. The zero-order chi connectivity index (χ0) is 17.9. The van der Waals surface area contributed by atoms with E-state index in [0.29, 0.717) is 30.9 Å². The third-order valence-corrected chi connectivity index (χ3v) is 4.97. The van der Waals surface area contributed by atoms with E-state index in [0.717, 1.165) is 12.5 Å². The first-order valence-electron chi connectivity index (χ1n) is 8.20. The number of rotatable bonds is 2. The van der Waals surface area contributed by atoms with E-state index in [1.54, 1.807) is 4.57 Å². The molecule has 2 aliphatic heterocycles. The lowest BCUT2D eigenvalue weighted by Gasteiger charge is -2.34. The van der Waals surface area contributed by atoms with Crippen molar-refractivity contribution in [3.05, 3.63) is 33.9 Å². The quantitative estimate of drug-likeness (QED) is 0.846. The first-order chi connectivity index (χ1) is 11.9. The summed E-state index contributed by atoms with van der Waals surface area (Å²) in [6, 6.07) is 1.07. The van der Waals surface area contributed by atoms with Gasteiger partial charge < -0.3 is 25.0 Å². The van der Waals surface area contributed by atoms with Crippen LogP contribution in [0.15, 0.2) is 17.1 Å². The van der Waals surface area contributed by atoms with Crippen LogP contribution >= 0.6 is 0 Å². The average Bonchev–Trinajstić information content (AvgIpc) is 2.95. The summed E-state index contributed by atoms with van der Waals surface area (Å²) >= 11 is 0. The molecule has 2 atom stereocenters. The third kappa shape index (κ3) is 2.21. The van der Waals surface area contributed by atoms with Gasteiger partial charge in [-0.2, -0.15) is 0 Å². The number of fused-ring (bicyclic) bond motifs is 5. The van der Waals surface area contributed by atoms with Crippen molar-refractivity contribution in [3.8, 4) is 5.75 Å². The molecule has 0 amide bonds. The van der Waals surface area contributed by atoms with Crippen molar-refractivity contribution in [2.45, 2.75) is 32.0 Å². The van der Waals surface area contributed by atoms with E-state index in [9.17, 15) is 19.1 Å². The molecule has 3 heterocycles. The molecule has 7 nitrogen and oxygen atoms in total. The number of hydrogen-bond donors (Lipinski definition) is 2. The third-order valence-electron chi connectivity index (χ3n) is 4.97. The van der Waals surface area contributed by atoms with Gasteiger partial charge in [0.05, 0.1) is 16.9 Å². The Hall–Kier alpha value is -2.61. The first kappa shape index (κ1) is 15.9. The molecule has 132 valence electrons. The Balaban J connectivity index is 2.07. The molecule has 1 unspecified atom stereocenters. The predicted octanol–water partition coefficient (Wildman–Crippen LogP) is 1.16. The van der Waals surface area contributed by atoms with Crippen LogP contribution in [0.5, 0.6) is 5.75 Å². The number of pyridine rings is 1. The van der Waals surface area contributed by atoms with E-state index >= 15 is 0 Å². The standard InChI is InChI=1S/C17H18FN3O4/c1-2-20-6-11(17(23)24)15(22)10-4-12(18)14-16(13(10)20)25-7-9-3-8(19)5-21(9)14/h4,6,8-9H,2-3,5,7,19H2,1H3,(H,23,24)/t8?,9-/m0/s1. The van der Waals surface area contributed by atoms with Crippen LogP contribution in [-0.4, -0.2) is 40.9 Å². The lowest BCUT2D eigenvalue weighted by atomic mass is 10.1. The van der Waals surface area contributed by atoms with Crippen LogP contribution in [0.4, 0.5) is 10.1 Å². The van der Waals surface area contributed by atoms with E-state index in [1.807, 2.05) is 11.8 Å². The smallest absolute Gasteiger partial charge is 0.341 e. The molecule has 1 aromatic carbocycles. The number of nitrogens with two attached hydrogens (primary N) is 1. The molecule has 1 saturated heterocycles. The van der Waals surface area contributed by atoms with Gasteiger partial charge in [-0.25, -0.2) is 9.18 Å². The van der Waals surface area contributed by atoms with E-state index in [2.05, 4.69) is 0 Å². The van der Waals surface area contributed by atoms with Crippen LogP contribution < -0.4 is 20.8 Å². The highest BCUT2D eigenvalue weighted by Crippen LogP contribution is 2.44. The highest BCUT2D eigenvalue weighted by Gasteiger charge is 2.39. The number of halogens is 1. The van der Waals surface area contributed by atoms with Gasteiger partial charge >= 0.3 is 5.97 Å². The number of aromatic nitrogens is 1. The number of hydrogen-bond acceptors (Lipinski definition) is 5. The number of ether oxygens (including phenoxy) is 1. The molecule has 2 aliphatic rings. The second-order valence-corrected chi connectivity index (χ2v) is 6.51. The Kier molecular flexibility index (Phi) is 3.47. The van der Waals surface area contributed by atoms with Crippen molar-refractivity contribution in [2.75, 3.05) is 18.1 Å². The Morgan fingerprint density at radius 2 is 2.28 bits per heavy atom. The van der Waals surface area contributed by atoms with Gasteiger partial charge in [-0.1, -0.05) is 0 Å². The van der Waals surface area contributed by atoms with Crippen LogP contribution in [0.1, 0.15) is 23.7 Å². The minimum atomic E-state index is -1.33.